The van der Waals surface area contributed by atoms with Crippen molar-refractivity contribution in [2.24, 2.45) is 0 Å². The highest BCUT2D eigenvalue weighted by Gasteiger charge is 2.22. The molecule has 3 rings (SSSR count). The van der Waals surface area contributed by atoms with Gasteiger partial charge in [-0.15, -0.1) is 0 Å². The average molecular weight is 232 g/mol. The van der Waals surface area contributed by atoms with E-state index in [1.807, 2.05) is 6.07 Å². The van der Waals surface area contributed by atoms with Gasteiger partial charge in [-0.1, -0.05) is 24.6 Å². The maximum absolute atomic E-state index is 6.20. The summed E-state index contributed by atoms with van der Waals surface area (Å²) in [7, 11) is 0. The topological polar surface area (TPSA) is 4.93 Å². The molecule has 1 atom stereocenters. The van der Waals surface area contributed by atoms with Crippen LogP contribution < -0.4 is 0 Å². The molecule has 1 aliphatic rings. The Morgan fingerprint density at radius 2 is 2.12 bits per heavy atom. The van der Waals surface area contributed by atoms with Crippen molar-refractivity contribution in [2.45, 2.75) is 26.2 Å². The molecule has 0 amide bonds. The zero-order valence-corrected chi connectivity index (χ0v) is 10.3. The second-order valence-electron chi connectivity index (χ2n) is 4.59. The molecule has 0 saturated carbocycles. The molecule has 0 bridgehead atoms. The van der Waals surface area contributed by atoms with Gasteiger partial charge in [-0.05, 0) is 42.7 Å². The van der Waals surface area contributed by atoms with E-state index in [-0.39, 0.29) is 0 Å². The Kier molecular flexibility index (Phi) is 2.11. The van der Waals surface area contributed by atoms with E-state index in [1.165, 1.54) is 22.5 Å². The van der Waals surface area contributed by atoms with Crippen molar-refractivity contribution in [3.63, 3.8) is 0 Å². The summed E-state index contributed by atoms with van der Waals surface area (Å²) in [5.41, 5.74) is 5.25. The molecule has 1 nitrogen and oxygen atoms in total. The van der Waals surface area contributed by atoms with Crippen LogP contribution in [0.25, 0.3) is 5.69 Å². The van der Waals surface area contributed by atoms with E-state index in [9.17, 15) is 0 Å². The average Bonchev–Trinajstić information content (AvgIpc) is 2.73. The normalized spacial score (nSPS) is 18.1. The van der Waals surface area contributed by atoms with Crippen LogP contribution in [0.3, 0.4) is 0 Å². The van der Waals surface area contributed by atoms with Gasteiger partial charge < -0.3 is 4.57 Å². The lowest BCUT2D eigenvalue weighted by atomic mass is 9.91. The third kappa shape index (κ3) is 1.24. The number of halogens is 1. The van der Waals surface area contributed by atoms with Gasteiger partial charge >= 0.3 is 0 Å². The van der Waals surface area contributed by atoms with Crippen molar-refractivity contribution in [1.82, 2.24) is 4.57 Å². The molecular formula is C14H14ClN. The summed E-state index contributed by atoms with van der Waals surface area (Å²) >= 11 is 6.20. The lowest BCUT2D eigenvalue weighted by molar-refractivity contribution is 0.672. The number of rotatable bonds is 0. The molecule has 1 aliphatic heterocycles. The van der Waals surface area contributed by atoms with Gasteiger partial charge in [-0.3, -0.25) is 0 Å². The summed E-state index contributed by atoms with van der Waals surface area (Å²) in [4.78, 5) is 0. The molecule has 2 aromatic rings. The predicted octanol–water partition coefficient (Wildman–Crippen LogP) is 4.10. The third-order valence-corrected chi connectivity index (χ3v) is 3.91. The number of hydrogen-bond acceptors (Lipinski definition) is 0. The predicted molar refractivity (Wildman–Crippen MR) is 67.6 cm³/mol. The Labute approximate surface area is 101 Å². The van der Waals surface area contributed by atoms with Crippen molar-refractivity contribution in [3.05, 3.63) is 52.3 Å². The fourth-order valence-corrected chi connectivity index (χ4v) is 2.82. The summed E-state index contributed by atoms with van der Waals surface area (Å²) in [6.07, 6.45) is 3.24. The number of benzene rings is 1. The monoisotopic (exact) mass is 231 g/mol. The Bertz CT molecular complexity index is 554. The largest absolute Gasteiger partial charge is 0.320 e. The van der Waals surface area contributed by atoms with Crippen molar-refractivity contribution in [2.75, 3.05) is 0 Å². The minimum Gasteiger partial charge on any atom is -0.320 e. The first-order chi connectivity index (χ1) is 7.68. The standard InChI is InChI=1S/C14H14ClN/c1-9-8-11-5-6-12(15)10(2)14(11)16-7-3-4-13(9)16/h3-7,9H,8H2,1-2H3. The van der Waals surface area contributed by atoms with Gasteiger partial charge in [0.1, 0.15) is 0 Å². The van der Waals surface area contributed by atoms with E-state index in [2.05, 4.69) is 42.8 Å². The number of aromatic nitrogens is 1. The SMILES string of the molecule is Cc1c(Cl)ccc2c1-n1cccc1C(C)C2. The van der Waals surface area contributed by atoms with Crippen molar-refractivity contribution in [3.8, 4) is 5.69 Å². The molecule has 82 valence electrons. The fourth-order valence-electron chi connectivity index (χ4n) is 2.67. The Morgan fingerprint density at radius 3 is 2.94 bits per heavy atom. The third-order valence-electron chi connectivity index (χ3n) is 3.50. The van der Waals surface area contributed by atoms with Crippen LogP contribution in [-0.2, 0) is 6.42 Å². The molecule has 0 N–H and O–H groups in total. The van der Waals surface area contributed by atoms with Gasteiger partial charge in [-0.25, -0.2) is 0 Å². The van der Waals surface area contributed by atoms with Crippen LogP contribution in [-0.4, -0.2) is 4.57 Å². The Hall–Kier alpha value is -1.21. The maximum Gasteiger partial charge on any atom is 0.0528 e. The molecule has 1 aromatic carbocycles. The Balaban J connectivity index is 2.34. The van der Waals surface area contributed by atoms with E-state index in [1.54, 1.807) is 0 Å². The molecule has 0 aliphatic carbocycles. The molecule has 1 unspecified atom stereocenters. The zero-order chi connectivity index (χ0) is 11.3. The number of fused-ring (bicyclic) bond motifs is 3. The van der Waals surface area contributed by atoms with Crippen LogP contribution in [0.1, 0.15) is 29.7 Å². The zero-order valence-electron chi connectivity index (χ0n) is 9.50. The molecule has 0 radical (unpaired) electrons. The van der Waals surface area contributed by atoms with Gasteiger partial charge in [0.2, 0.25) is 0 Å². The number of hydrogen-bond donors (Lipinski definition) is 0. The first kappa shape index (κ1) is 9.98. The summed E-state index contributed by atoms with van der Waals surface area (Å²) in [6.45, 7) is 4.37. The highest BCUT2D eigenvalue weighted by Crippen LogP contribution is 2.36. The van der Waals surface area contributed by atoms with E-state index < -0.39 is 0 Å². The van der Waals surface area contributed by atoms with Crippen LogP contribution in [0, 0.1) is 6.92 Å². The smallest absolute Gasteiger partial charge is 0.0528 e. The van der Waals surface area contributed by atoms with Crippen molar-refractivity contribution < 1.29 is 0 Å². The van der Waals surface area contributed by atoms with Crippen LogP contribution in [0.4, 0.5) is 0 Å². The van der Waals surface area contributed by atoms with E-state index in [0.29, 0.717) is 5.92 Å². The molecule has 0 spiro atoms. The lowest BCUT2D eigenvalue weighted by Crippen LogP contribution is -2.15. The fraction of sp³-hybridized carbons (Fsp3) is 0.286. The van der Waals surface area contributed by atoms with Crippen LogP contribution in [0.5, 0.6) is 0 Å². The van der Waals surface area contributed by atoms with E-state index in [0.717, 1.165) is 11.4 Å². The number of nitrogens with zero attached hydrogens (tertiary/aromatic N) is 1. The van der Waals surface area contributed by atoms with E-state index in [4.69, 9.17) is 11.6 Å². The first-order valence-electron chi connectivity index (χ1n) is 5.64. The van der Waals surface area contributed by atoms with Gasteiger partial charge in [-0.2, -0.15) is 0 Å². The quantitative estimate of drug-likeness (QED) is 0.644. The summed E-state index contributed by atoms with van der Waals surface area (Å²) in [5, 5.41) is 0.855. The minimum absolute atomic E-state index is 0.586. The highest BCUT2D eigenvalue weighted by atomic mass is 35.5. The second kappa shape index (κ2) is 3.39. The maximum atomic E-state index is 6.20. The minimum atomic E-state index is 0.586. The van der Waals surface area contributed by atoms with Gasteiger partial charge in [0.25, 0.3) is 0 Å². The molecule has 0 saturated heterocycles. The van der Waals surface area contributed by atoms with Crippen LogP contribution in [0.15, 0.2) is 30.5 Å². The molecule has 2 heteroatoms. The summed E-state index contributed by atoms with van der Waals surface area (Å²) < 4.78 is 2.28. The van der Waals surface area contributed by atoms with Gasteiger partial charge in [0.15, 0.2) is 0 Å². The van der Waals surface area contributed by atoms with Crippen molar-refractivity contribution in [1.29, 1.82) is 0 Å². The van der Waals surface area contributed by atoms with Gasteiger partial charge in [0, 0.05) is 22.8 Å². The molecular weight excluding hydrogens is 218 g/mol. The molecule has 2 heterocycles. The first-order valence-corrected chi connectivity index (χ1v) is 6.02. The summed E-state index contributed by atoms with van der Waals surface area (Å²) in [6, 6.07) is 8.48. The molecule has 0 fully saturated rings. The summed E-state index contributed by atoms with van der Waals surface area (Å²) in [5.74, 6) is 0.586. The van der Waals surface area contributed by atoms with Gasteiger partial charge in [0.05, 0.1) is 5.69 Å². The van der Waals surface area contributed by atoms with Crippen molar-refractivity contribution >= 4 is 11.6 Å². The Morgan fingerprint density at radius 1 is 1.31 bits per heavy atom. The van der Waals surface area contributed by atoms with Crippen LogP contribution >= 0.6 is 11.6 Å². The van der Waals surface area contributed by atoms with E-state index >= 15 is 0 Å². The lowest BCUT2D eigenvalue weighted by Gasteiger charge is -2.26. The second-order valence-corrected chi connectivity index (χ2v) is 5.00. The van der Waals surface area contributed by atoms with Crippen LogP contribution in [0.2, 0.25) is 5.02 Å². The highest BCUT2D eigenvalue weighted by molar-refractivity contribution is 6.31. The molecule has 1 aromatic heterocycles. The molecule has 16 heavy (non-hydrogen) atoms.